The summed E-state index contributed by atoms with van der Waals surface area (Å²) in [4.78, 5) is 8.31. The van der Waals surface area contributed by atoms with Gasteiger partial charge in [-0.1, -0.05) is 30.0 Å². The van der Waals surface area contributed by atoms with E-state index in [2.05, 4.69) is 34.2 Å². The predicted molar refractivity (Wildman–Crippen MR) is 66.1 cm³/mol. The number of ether oxygens (including phenoxy) is 1. The molecular formula is C12H14N2OS. The van der Waals surface area contributed by atoms with Crippen LogP contribution < -0.4 is 0 Å². The van der Waals surface area contributed by atoms with E-state index in [0.717, 1.165) is 26.3 Å². The van der Waals surface area contributed by atoms with Gasteiger partial charge in [-0.3, -0.25) is 9.89 Å². The molecule has 1 aromatic carbocycles. The lowest BCUT2D eigenvalue weighted by atomic mass is 10.2. The maximum atomic E-state index is 5.36. The van der Waals surface area contributed by atoms with Crippen molar-refractivity contribution < 1.29 is 4.74 Å². The number of hydrogen-bond donors (Lipinski definition) is 0. The lowest BCUT2D eigenvalue weighted by Gasteiger charge is -2.33. The molecule has 3 rings (SSSR count). The molecule has 2 aliphatic rings. The van der Waals surface area contributed by atoms with Crippen LogP contribution in [0.25, 0.3) is 0 Å². The van der Waals surface area contributed by atoms with Crippen molar-refractivity contribution in [1.29, 1.82) is 0 Å². The van der Waals surface area contributed by atoms with Crippen molar-refractivity contribution in [2.45, 2.75) is 10.4 Å². The number of hydrogen-bond acceptors (Lipinski definition) is 4. The van der Waals surface area contributed by atoms with Gasteiger partial charge in [0, 0.05) is 29.8 Å². The fourth-order valence-corrected chi connectivity index (χ4v) is 3.07. The molecule has 4 heteroatoms. The molecule has 1 aromatic rings. The van der Waals surface area contributed by atoms with Gasteiger partial charge in [0.2, 0.25) is 0 Å². The molecule has 0 amide bonds. The molecule has 0 bridgehead atoms. The minimum atomic E-state index is 0.235. The lowest BCUT2D eigenvalue weighted by Crippen LogP contribution is -2.41. The molecule has 0 aliphatic carbocycles. The maximum absolute atomic E-state index is 5.36. The highest BCUT2D eigenvalue weighted by Gasteiger charge is 2.23. The van der Waals surface area contributed by atoms with Crippen molar-refractivity contribution in [1.82, 2.24) is 4.90 Å². The summed E-state index contributed by atoms with van der Waals surface area (Å²) >= 11 is 1.84. The van der Waals surface area contributed by atoms with Crippen molar-refractivity contribution in [3.63, 3.8) is 0 Å². The van der Waals surface area contributed by atoms with Crippen LogP contribution in [0, 0.1) is 0 Å². The van der Waals surface area contributed by atoms with Gasteiger partial charge < -0.3 is 4.74 Å². The Morgan fingerprint density at radius 1 is 1.25 bits per heavy atom. The summed E-state index contributed by atoms with van der Waals surface area (Å²) in [5.74, 6) is 0. The van der Waals surface area contributed by atoms with Crippen LogP contribution >= 0.6 is 11.8 Å². The first-order valence-corrected chi connectivity index (χ1v) is 6.42. The SMILES string of the molecule is C1=NC(N2CCOCC2)Sc2ccccc21. The predicted octanol–water partition coefficient (Wildman–Crippen LogP) is 1.83. The number of fused-ring (bicyclic) bond motifs is 1. The van der Waals surface area contributed by atoms with Gasteiger partial charge in [0.05, 0.1) is 13.2 Å². The van der Waals surface area contributed by atoms with Gasteiger partial charge in [0.25, 0.3) is 0 Å². The van der Waals surface area contributed by atoms with Crippen LogP contribution in [0.2, 0.25) is 0 Å². The van der Waals surface area contributed by atoms with Crippen LogP contribution in [-0.4, -0.2) is 42.9 Å². The molecule has 2 heterocycles. The zero-order chi connectivity index (χ0) is 10.8. The first-order chi connectivity index (χ1) is 7.93. The third-order valence-corrected chi connectivity index (χ3v) is 4.11. The number of rotatable bonds is 1. The van der Waals surface area contributed by atoms with Gasteiger partial charge in [-0.2, -0.15) is 0 Å². The molecule has 2 aliphatic heterocycles. The fraction of sp³-hybridized carbons (Fsp3) is 0.417. The maximum Gasteiger partial charge on any atom is 0.154 e. The third kappa shape index (κ3) is 2.00. The van der Waals surface area contributed by atoms with Gasteiger partial charge in [-0.15, -0.1) is 0 Å². The first kappa shape index (κ1) is 10.3. The largest absolute Gasteiger partial charge is 0.379 e. The van der Waals surface area contributed by atoms with E-state index in [1.165, 1.54) is 10.5 Å². The second kappa shape index (κ2) is 4.57. The average molecular weight is 234 g/mol. The molecular weight excluding hydrogens is 220 g/mol. The molecule has 16 heavy (non-hydrogen) atoms. The molecule has 84 valence electrons. The first-order valence-electron chi connectivity index (χ1n) is 5.54. The number of thioether (sulfide) groups is 1. The van der Waals surface area contributed by atoms with E-state index >= 15 is 0 Å². The van der Waals surface area contributed by atoms with Crippen LogP contribution in [-0.2, 0) is 4.74 Å². The Bertz CT molecular complexity index is 402. The van der Waals surface area contributed by atoms with Crippen LogP contribution in [0.15, 0.2) is 34.2 Å². The van der Waals surface area contributed by atoms with E-state index in [-0.39, 0.29) is 5.50 Å². The summed E-state index contributed by atoms with van der Waals surface area (Å²) in [5.41, 5.74) is 1.47. The molecule has 0 spiro atoms. The zero-order valence-corrected chi connectivity index (χ0v) is 9.82. The third-order valence-electron chi connectivity index (χ3n) is 2.85. The van der Waals surface area contributed by atoms with Gasteiger partial charge in [0.1, 0.15) is 0 Å². The molecule has 1 unspecified atom stereocenters. The standard InChI is InChI=1S/C12H14N2OS/c1-2-4-11-10(3-1)9-13-12(16-11)14-5-7-15-8-6-14/h1-4,9,12H,5-8H2. The van der Waals surface area contributed by atoms with Crippen LogP contribution in [0.4, 0.5) is 0 Å². The summed E-state index contributed by atoms with van der Waals surface area (Å²) in [6.07, 6.45) is 1.99. The Hall–Kier alpha value is -0.840. The molecule has 0 aromatic heterocycles. The molecule has 1 atom stereocenters. The van der Waals surface area contributed by atoms with Crippen molar-refractivity contribution >= 4 is 18.0 Å². The Balaban J connectivity index is 1.77. The average Bonchev–Trinajstić information content (AvgIpc) is 2.39. The fourth-order valence-electron chi connectivity index (χ4n) is 1.95. The van der Waals surface area contributed by atoms with E-state index < -0.39 is 0 Å². The number of benzene rings is 1. The lowest BCUT2D eigenvalue weighted by molar-refractivity contribution is 0.0338. The number of morpholine rings is 1. The second-order valence-corrected chi connectivity index (χ2v) is 5.01. The quantitative estimate of drug-likeness (QED) is 0.741. The molecule has 3 nitrogen and oxygen atoms in total. The monoisotopic (exact) mass is 234 g/mol. The minimum Gasteiger partial charge on any atom is -0.379 e. The van der Waals surface area contributed by atoms with Gasteiger partial charge in [-0.25, -0.2) is 0 Å². The summed E-state index contributed by atoms with van der Waals surface area (Å²) in [7, 11) is 0. The summed E-state index contributed by atoms with van der Waals surface area (Å²) in [5, 5.41) is 0. The van der Waals surface area contributed by atoms with Crippen LogP contribution in [0.5, 0.6) is 0 Å². The normalized spacial score (nSPS) is 25.4. The molecule has 0 saturated carbocycles. The van der Waals surface area contributed by atoms with Crippen molar-refractivity contribution in [3.05, 3.63) is 29.8 Å². The van der Waals surface area contributed by atoms with Crippen molar-refractivity contribution in [2.75, 3.05) is 26.3 Å². The highest BCUT2D eigenvalue weighted by Crippen LogP contribution is 2.32. The summed E-state index contributed by atoms with van der Waals surface area (Å²) in [6, 6.07) is 8.42. The van der Waals surface area contributed by atoms with Gasteiger partial charge >= 0.3 is 0 Å². The highest BCUT2D eigenvalue weighted by molar-refractivity contribution is 8.00. The number of nitrogens with zero attached hydrogens (tertiary/aromatic N) is 2. The Morgan fingerprint density at radius 3 is 2.94 bits per heavy atom. The van der Waals surface area contributed by atoms with Crippen molar-refractivity contribution in [3.8, 4) is 0 Å². The van der Waals surface area contributed by atoms with Gasteiger partial charge in [0.15, 0.2) is 5.50 Å². The van der Waals surface area contributed by atoms with Crippen LogP contribution in [0.3, 0.4) is 0 Å². The molecule has 1 saturated heterocycles. The minimum absolute atomic E-state index is 0.235. The molecule has 0 N–H and O–H groups in total. The zero-order valence-electron chi connectivity index (χ0n) is 9.00. The van der Waals surface area contributed by atoms with Gasteiger partial charge in [-0.05, 0) is 6.07 Å². The highest BCUT2D eigenvalue weighted by atomic mass is 32.2. The second-order valence-electron chi connectivity index (χ2n) is 3.91. The van der Waals surface area contributed by atoms with E-state index in [1.807, 2.05) is 18.0 Å². The molecule has 1 fully saturated rings. The topological polar surface area (TPSA) is 24.8 Å². The summed E-state index contributed by atoms with van der Waals surface area (Å²) in [6.45, 7) is 3.62. The Labute approximate surface area is 99.5 Å². The Morgan fingerprint density at radius 2 is 2.06 bits per heavy atom. The van der Waals surface area contributed by atoms with Crippen molar-refractivity contribution in [2.24, 2.45) is 4.99 Å². The molecule has 0 radical (unpaired) electrons. The van der Waals surface area contributed by atoms with E-state index in [9.17, 15) is 0 Å². The van der Waals surface area contributed by atoms with E-state index in [4.69, 9.17) is 4.74 Å². The summed E-state index contributed by atoms with van der Waals surface area (Å²) < 4.78 is 5.36. The van der Waals surface area contributed by atoms with Crippen LogP contribution in [0.1, 0.15) is 5.56 Å². The number of aliphatic imine (C=N–C) groups is 1. The van der Waals surface area contributed by atoms with E-state index in [1.54, 1.807) is 0 Å². The smallest absolute Gasteiger partial charge is 0.154 e. The Kier molecular flexibility index (Phi) is 2.95. The van der Waals surface area contributed by atoms with E-state index in [0.29, 0.717) is 0 Å².